The van der Waals surface area contributed by atoms with Crippen molar-refractivity contribution in [2.45, 2.75) is 51.5 Å². The SMILES string of the molecule is CCCC1CCC(CN)C(N2CCCN(C)CC2)C1. The fourth-order valence-corrected chi connectivity index (χ4v) is 4.08. The lowest BCUT2D eigenvalue weighted by Crippen LogP contribution is -2.48. The Morgan fingerprint density at radius 1 is 1.11 bits per heavy atom. The molecule has 112 valence electrons. The average Bonchev–Trinajstić information content (AvgIpc) is 2.64. The van der Waals surface area contributed by atoms with E-state index in [2.05, 4.69) is 23.8 Å². The van der Waals surface area contributed by atoms with Gasteiger partial charge >= 0.3 is 0 Å². The average molecular weight is 267 g/mol. The van der Waals surface area contributed by atoms with Crippen molar-refractivity contribution in [1.82, 2.24) is 9.80 Å². The van der Waals surface area contributed by atoms with Crippen LogP contribution < -0.4 is 5.73 Å². The Morgan fingerprint density at radius 3 is 2.68 bits per heavy atom. The van der Waals surface area contributed by atoms with Crippen LogP contribution in [0.1, 0.15) is 45.4 Å². The van der Waals surface area contributed by atoms with E-state index in [0.29, 0.717) is 0 Å². The van der Waals surface area contributed by atoms with E-state index >= 15 is 0 Å². The smallest absolute Gasteiger partial charge is 0.0139 e. The molecule has 1 saturated carbocycles. The van der Waals surface area contributed by atoms with Crippen LogP contribution in [0.3, 0.4) is 0 Å². The highest BCUT2D eigenvalue weighted by atomic mass is 15.2. The standard InChI is InChI=1S/C16H33N3/c1-3-5-14-6-7-15(13-17)16(12-14)19-9-4-8-18(2)10-11-19/h14-16H,3-13,17H2,1-2H3. The van der Waals surface area contributed by atoms with Gasteiger partial charge in [0, 0.05) is 19.1 Å². The van der Waals surface area contributed by atoms with Crippen LogP contribution >= 0.6 is 0 Å². The van der Waals surface area contributed by atoms with Gasteiger partial charge in [0.2, 0.25) is 0 Å². The number of nitrogens with zero attached hydrogens (tertiary/aromatic N) is 2. The minimum Gasteiger partial charge on any atom is -0.330 e. The summed E-state index contributed by atoms with van der Waals surface area (Å²) in [6, 6.07) is 0.766. The number of nitrogens with two attached hydrogens (primary N) is 1. The molecule has 0 spiro atoms. The van der Waals surface area contributed by atoms with E-state index < -0.39 is 0 Å². The van der Waals surface area contributed by atoms with Crippen molar-refractivity contribution < 1.29 is 0 Å². The van der Waals surface area contributed by atoms with Crippen molar-refractivity contribution in [2.75, 3.05) is 39.8 Å². The minimum absolute atomic E-state index is 0.747. The van der Waals surface area contributed by atoms with Crippen LogP contribution in [0.2, 0.25) is 0 Å². The van der Waals surface area contributed by atoms with Crippen molar-refractivity contribution >= 4 is 0 Å². The van der Waals surface area contributed by atoms with Crippen LogP contribution in [0.5, 0.6) is 0 Å². The normalized spacial score (nSPS) is 35.2. The molecule has 1 aliphatic heterocycles. The molecule has 19 heavy (non-hydrogen) atoms. The summed E-state index contributed by atoms with van der Waals surface area (Å²) < 4.78 is 0. The van der Waals surface area contributed by atoms with E-state index in [-0.39, 0.29) is 0 Å². The second-order valence-electron chi connectivity index (χ2n) is 6.72. The van der Waals surface area contributed by atoms with Crippen LogP contribution in [0, 0.1) is 11.8 Å². The molecule has 3 heteroatoms. The Balaban J connectivity index is 1.96. The van der Waals surface area contributed by atoms with Crippen molar-refractivity contribution in [3.05, 3.63) is 0 Å². The van der Waals surface area contributed by atoms with E-state index in [9.17, 15) is 0 Å². The summed E-state index contributed by atoms with van der Waals surface area (Å²) in [5.74, 6) is 1.70. The zero-order chi connectivity index (χ0) is 13.7. The molecular weight excluding hydrogens is 234 g/mol. The first-order valence-electron chi connectivity index (χ1n) is 8.37. The molecule has 0 bridgehead atoms. The molecule has 0 aromatic heterocycles. The van der Waals surface area contributed by atoms with E-state index in [1.165, 1.54) is 64.7 Å². The highest BCUT2D eigenvalue weighted by Crippen LogP contribution is 2.34. The predicted octanol–water partition coefficient (Wildman–Crippen LogP) is 2.17. The van der Waals surface area contributed by atoms with Gasteiger partial charge in [-0.15, -0.1) is 0 Å². The topological polar surface area (TPSA) is 32.5 Å². The van der Waals surface area contributed by atoms with Crippen molar-refractivity contribution in [2.24, 2.45) is 17.6 Å². The monoisotopic (exact) mass is 267 g/mol. The predicted molar refractivity (Wildman–Crippen MR) is 82.3 cm³/mol. The van der Waals surface area contributed by atoms with Crippen molar-refractivity contribution in [3.8, 4) is 0 Å². The van der Waals surface area contributed by atoms with Gasteiger partial charge in [-0.2, -0.15) is 0 Å². The van der Waals surface area contributed by atoms with Crippen LogP contribution in [-0.4, -0.2) is 55.6 Å². The molecule has 0 amide bonds. The molecule has 1 saturated heterocycles. The first-order valence-corrected chi connectivity index (χ1v) is 8.37. The second-order valence-corrected chi connectivity index (χ2v) is 6.72. The van der Waals surface area contributed by atoms with Gasteiger partial charge in [-0.1, -0.05) is 26.2 Å². The maximum Gasteiger partial charge on any atom is 0.0139 e. The number of hydrogen-bond acceptors (Lipinski definition) is 3. The second kappa shape index (κ2) is 7.61. The fraction of sp³-hybridized carbons (Fsp3) is 1.00. The highest BCUT2D eigenvalue weighted by Gasteiger charge is 2.33. The van der Waals surface area contributed by atoms with E-state index in [1.807, 2.05) is 0 Å². The molecule has 0 radical (unpaired) electrons. The molecule has 2 N–H and O–H groups in total. The Labute approximate surface area is 119 Å². The summed E-state index contributed by atoms with van der Waals surface area (Å²) in [7, 11) is 2.25. The molecule has 2 fully saturated rings. The molecule has 1 heterocycles. The Hall–Kier alpha value is -0.120. The van der Waals surface area contributed by atoms with E-state index in [0.717, 1.165) is 24.4 Å². The summed E-state index contributed by atoms with van der Waals surface area (Å²) >= 11 is 0. The van der Waals surface area contributed by atoms with Crippen molar-refractivity contribution in [1.29, 1.82) is 0 Å². The molecule has 0 aromatic rings. The van der Waals surface area contributed by atoms with Gasteiger partial charge in [0.1, 0.15) is 0 Å². The summed E-state index contributed by atoms with van der Waals surface area (Å²) in [6.07, 6.45) is 8.26. The minimum atomic E-state index is 0.747. The maximum atomic E-state index is 6.05. The van der Waals surface area contributed by atoms with Crippen LogP contribution in [0.25, 0.3) is 0 Å². The molecular formula is C16H33N3. The van der Waals surface area contributed by atoms with Gasteiger partial charge in [0.25, 0.3) is 0 Å². The van der Waals surface area contributed by atoms with Crippen LogP contribution in [-0.2, 0) is 0 Å². The zero-order valence-electron chi connectivity index (χ0n) is 13.0. The highest BCUT2D eigenvalue weighted by molar-refractivity contribution is 4.88. The van der Waals surface area contributed by atoms with E-state index in [4.69, 9.17) is 5.73 Å². The van der Waals surface area contributed by atoms with Gasteiger partial charge < -0.3 is 10.6 Å². The molecule has 2 aliphatic rings. The molecule has 0 aromatic carbocycles. The third-order valence-corrected chi connectivity index (χ3v) is 5.29. The Morgan fingerprint density at radius 2 is 1.95 bits per heavy atom. The molecule has 1 aliphatic carbocycles. The maximum absolute atomic E-state index is 6.05. The lowest BCUT2D eigenvalue weighted by atomic mass is 9.76. The Bertz CT molecular complexity index is 256. The van der Waals surface area contributed by atoms with Crippen LogP contribution in [0.15, 0.2) is 0 Å². The molecule has 2 rings (SSSR count). The summed E-state index contributed by atoms with van der Waals surface area (Å²) in [5, 5.41) is 0. The summed E-state index contributed by atoms with van der Waals surface area (Å²) in [5.41, 5.74) is 6.05. The summed E-state index contributed by atoms with van der Waals surface area (Å²) in [4.78, 5) is 5.24. The van der Waals surface area contributed by atoms with Gasteiger partial charge in [-0.05, 0) is 57.8 Å². The summed E-state index contributed by atoms with van der Waals surface area (Å²) in [6.45, 7) is 8.22. The third kappa shape index (κ3) is 4.17. The number of hydrogen-bond donors (Lipinski definition) is 1. The molecule has 3 nitrogen and oxygen atoms in total. The molecule has 3 atom stereocenters. The first-order chi connectivity index (χ1) is 9.24. The lowest BCUT2D eigenvalue weighted by molar-refractivity contribution is 0.0822. The Kier molecular flexibility index (Phi) is 6.11. The quantitative estimate of drug-likeness (QED) is 0.847. The third-order valence-electron chi connectivity index (χ3n) is 5.29. The number of rotatable bonds is 4. The van der Waals surface area contributed by atoms with Gasteiger partial charge in [-0.3, -0.25) is 4.90 Å². The molecule has 3 unspecified atom stereocenters. The largest absolute Gasteiger partial charge is 0.330 e. The van der Waals surface area contributed by atoms with E-state index in [1.54, 1.807) is 0 Å². The number of likely N-dealkylation sites (N-methyl/N-ethyl adjacent to an activating group) is 1. The van der Waals surface area contributed by atoms with Crippen molar-refractivity contribution in [3.63, 3.8) is 0 Å². The fourth-order valence-electron chi connectivity index (χ4n) is 4.08. The van der Waals surface area contributed by atoms with Gasteiger partial charge in [0.05, 0.1) is 0 Å². The van der Waals surface area contributed by atoms with Crippen LogP contribution in [0.4, 0.5) is 0 Å². The van der Waals surface area contributed by atoms with Gasteiger partial charge in [0.15, 0.2) is 0 Å². The zero-order valence-corrected chi connectivity index (χ0v) is 13.0. The lowest BCUT2D eigenvalue weighted by Gasteiger charge is -2.42. The van der Waals surface area contributed by atoms with Gasteiger partial charge in [-0.25, -0.2) is 0 Å². The first kappa shape index (κ1) is 15.3.